The number of hydrogen-bond acceptors (Lipinski definition) is 4. The Balaban J connectivity index is 1.33. The minimum Gasteiger partial charge on any atom is -0.273 e. The molecule has 4 fully saturated rings. The zero-order valence-electron chi connectivity index (χ0n) is 17.1. The predicted molar refractivity (Wildman–Crippen MR) is 114 cm³/mol. The molecule has 30 heavy (non-hydrogen) atoms. The number of nitrogens with one attached hydrogen (secondary N) is 1. The largest absolute Gasteiger partial charge is 0.273 e. The van der Waals surface area contributed by atoms with Gasteiger partial charge in [-0.3, -0.25) is 9.48 Å². The van der Waals surface area contributed by atoms with Crippen LogP contribution in [0.5, 0.6) is 0 Å². The Bertz CT molecular complexity index is 965. The lowest BCUT2D eigenvalue weighted by Gasteiger charge is -2.55. The van der Waals surface area contributed by atoms with Crippen molar-refractivity contribution in [3.63, 3.8) is 0 Å². The van der Waals surface area contributed by atoms with E-state index in [4.69, 9.17) is 5.26 Å². The fraction of sp³-hybridized carbons (Fsp3) is 0.500. The van der Waals surface area contributed by atoms with E-state index in [1.165, 1.54) is 19.3 Å². The molecule has 1 aromatic carbocycles. The van der Waals surface area contributed by atoms with Crippen LogP contribution in [0, 0.1) is 34.5 Å². The average molecular weight is 402 g/mol. The zero-order valence-corrected chi connectivity index (χ0v) is 17.1. The molecule has 1 heterocycles. The molecule has 0 unspecified atom stereocenters. The van der Waals surface area contributed by atoms with E-state index < -0.39 is 0 Å². The second-order valence-electron chi connectivity index (χ2n) is 9.37. The van der Waals surface area contributed by atoms with Gasteiger partial charge in [0.2, 0.25) is 5.91 Å². The normalized spacial score (nSPS) is 29.2. The van der Waals surface area contributed by atoms with E-state index in [1.807, 2.05) is 36.5 Å². The molecule has 2 aromatic rings. The van der Waals surface area contributed by atoms with Crippen molar-refractivity contribution < 1.29 is 4.79 Å². The molecule has 4 saturated carbocycles. The number of amides is 1. The monoisotopic (exact) mass is 401 g/mol. The molecule has 6 heteroatoms. The molecule has 6 rings (SSSR count). The first-order valence-corrected chi connectivity index (χ1v) is 11.0. The Kier molecular flexibility index (Phi) is 4.90. The number of hydrogen-bond donors (Lipinski definition) is 1. The van der Waals surface area contributed by atoms with Crippen LogP contribution in [0.25, 0.3) is 11.3 Å². The van der Waals surface area contributed by atoms with Crippen LogP contribution in [-0.2, 0) is 11.3 Å². The molecule has 0 radical (unpaired) electrons. The van der Waals surface area contributed by atoms with Crippen LogP contribution in [0.3, 0.4) is 0 Å². The van der Waals surface area contributed by atoms with Crippen LogP contribution < -0.4 is 5.43 Å². The van der Waals surface area contributed by atoms with E-state index in [9.17, 15) is 4.79 Å². The zero-order chi connectivity index (χ0) is 20.6. The van der Waals surface area contributed by atoms with Crippen molar-refractivity contribution in [3.8, 4) is 17.3 Å². The maximum absolute atomic E-state index is 13.1. The molecule has 6 nitrogen and oxygen atoms in total. The summed E-state index contributed by atoms with van der Waals surface area (Å²) in [4.78, 5) is 13.1. The molecule has 154 valence electrons. The topological polar surface area (TPSA) is 83.1 Å². The van der Waals surface area contributed by atoms with Crippen molar-refractivity contribution in [2.45, 2.75) is 51.5 Å². The molecule has 0 spiro atoms. The second kappa shape index (κ2) is 7.71. The Morgan fingerprint density at radius 2 is 1.87 bits per heavy atom. The van der Waals surface area contributed by atoms with Gasteiger partial charge in [-0.15, -0.1) is 0 Å². The molecule has 4 aliphatic carbocycles. The number of carbonyl (C=O) groups excluding carboxylic acids is 1. The summed E-state index contributed by atoms with van der Waals surface area (Å²) >= 11 is 0. The summed E-state index contributed by atoms with van der Waals surface area (Å²) in [5.74, 6) is 2.29. The molecule has 0 atom stereocenters. The Labute approximate surface area is 177 Å². The van der Waals surface area contributed by atoms with Crippen molar-refractivity contribution in [1.29, 1.82) is 5.26 Å². The van der Waals surface area contributed by atoms with Gasteiger partial charge >= 0.3 is 0 Å². The quantitative estimate of drug-likeness (QED) is 0.583. The first-order valence-electron chi connectivity index (χ1n) is 11.0. The lowest BCUT2D eigenvalue weighted by atomic mass is 9.49. The molecule has 1 aromatic heterocycles. The number of nitriles is 1. The smallest absolute Gasteiger partial charge is 0.246 e. The predicted octanol–water partition coefficient (Wildman–Crippen LogP) is 4.13. The summed E-state index contributed by atoms with van der Waals surface area (Å²) in [7, 11) is 0. The Morgan fingerprint density at radius 1 is 1.20 bits per heavy atom. The van der Waals surface area contributed by atoms with Crippen LogP contribution in [0.4, 0.5) is 0 Å². The molecule has 0 saturated heterocycles. The van der Waals surface area contributed by atoms with Gasteiger partial charge in [0.05, 0.1) is 30.7 Å². The number of carbonyl (C=O) groups is 1. The van der Waals surface area contributed by atoms with Crippen LogP contribution in [0.2, 0.25) is 0 Å². The minimum atomic E-state index is -0.203. The van der Waals surface area contributed by atoms with Gasteiger partial charge in [-0.2, -0.15) is 15.5 Å². The van der Waals surface area contributed by atoms with Gasteiger partial charge in [-0.25, -0.2) is 5.43 Å². The SMILES string of the molecule is N#CCCn1cc(/C=N/NC(=O)C23CC4CC(CC(C4)C2)C3)c(-c2ccccc2)n1. The van der Waals surface area contributed by atoms with Crippen molar-refractivity contribution in [1.82, 2.24) is 15.2 Å². The molecule has 0 aliphatic heterocycles. The third-order valence-corrected chi connectivity index (χ3v) is 7.18. The molecule has 4 bridgehead atoms. The van der Waals surface area contributed by atoms with Gasteiger partial charge < -0.3 is 0 Å². The highest BCUT2D eigenvalue weighted by atomic mass is 16.2. The number of hydrazone groups is 1. The van der Waals surface area contributed by atoms with Gasteiger partial charge in [0.15, 0.2) is 0 Å². The maximum Gasteiger partial charge on any atom is 0.246 e. The summed E-state index contributed by atoms with van der Waals surface area (Å²) in [6, 6.07) is 12.1. The summed E-state index contributed by atoms with van der Waals surface area (Å²) < 4.78 is 1.77. The van der Waals surface area contributed by atoms with E-state index in [2.05, 4.69) is 21.7 Å². The van der Waals surface area contributed by atoms with Gasteiger partial charge in [-0.1, -0.05) is 30.3 Å². The van der Waals surface area contributed by atoms with E-state index >= 15 is 0 Å². The van der Waals surface area contributed by atoms with E-state index in [1.54, 1.807) is 10.9 Å². The Hall–Kier alpha value is -2.94. The molecule has 4 aliphatic rings. The summed E-state index contributed by atoms with van der Waals surface area (Å²) in [6.45, 7) is 0.532. The van der Waals surface area contributed by atoms with Crippen molar-refractivity contribution in [2.75, 3.05) is 0 Å². The fourth-order valence-corrected chi connectivity index (χ4v) is 6.30. The number of benzene rings is 1. The van der Waals surface area contributed by atoms with Gasteiger partial charge in [-0.05, 0) is 56.3 Å². The average Bonchev–Trinajstić information content (AvgIpc) is 3.15. The number of aryl methyl sites for hydroxylation is 1. The highest BCUT2D eigenvalue weighted by Crippen LogP contribution is 2.60. The number of aromatic nitrogens is 2. The lowest BCUT2D eigenvalue weighted by molar-refractivity contribution is -0.146. The van der Waals surface area contributed by atoms with Crippen LogP contribution in [0.15, 0.2) is 41.6 Å². The third-order valence-electron chi connectivity index (χ3n) is 7.18. The first-order chi connectivity index (χ1) is 14.6. The van der Waals surface area contributed by atoms with Crippen molar-refractivity contribution in [3.05, 3.63) is 42.1 Å². The molecule has 1 amide bonds. The van der Waals surface area contributed by atoms with Crippen molar-refractivity contribution in [2.24, 2.45) is 28.3 Å². The van der Waals surface area contributed by atoms with Crippen LogP contribution >= 0.6 is 0 Å². The summed E-state index contributed by atoms with van der Waals surface area (Å²) in [5, 5.41) is 17.8. The molecule has 1 N–H and O–H groups in total. The van der Waals surface area contributed by atoms with E-state index in [0.29, 0.717) is 13.0 Å². The maximum atomic E-state index is 13.1. The lowest BCUT2D eigenvalue weighted by Crippen LogP contribution is -2.52. The standard InChI is InChI=1S/C24H27N5O/c25-7-4-8-29-16-21(22(28-29)20-5-2-1-3-6-20)15-26-27-23(30)24-12-17-9-18(13-24)11-19(10-17)14-24/h1-3,5-6,15-19H,4,8-14H2,(H,27,30)/b26-15+. The third kappa shape index (κ3) is 3.54. The highest BCUT2D eigenvalue weighted by molar-refractivity contribution is 5.90. The first kappa shape index (κ1) is 19.0. The van der Waals surface area contributed by atoms with E-state index in [0.717, 1.165) is 53.8 Å². The van der Waals surface area contributed by atoms with Crippen LogP contribution in [0.1, 0.15) is 50.5 Å². The Morgan fingerprint density at radius 3 is 2.50 bits per heavy atom. The van der Waals surface area contributed by atoms with Gasteiger partial charge in [0.25, 0.3) is 0 Å². The number of rotatable bonds is 6. The molecular formula is C24H27N5O. The van der Waals surface area contributed by atoms with Gasteiger partial charge in [0, 0.05) is 17.3 Å². The summed E-state index contributed by atoms with van der Waals surface area (Å²) in [6.07, 6.45) is 11.0. The van der Waals surface area contributed by atoms with Crippen LogP contribution in [-0.4, -0.2) is 21.9 Å². The summed E-state index contributed by atoms with van der Waals surface area (Å²) in [5.41, 5.74) is 5.29. The second-order valence-corrected chi connectivity index (χ2v) is 9.37. The van der Waals surface area contributed by atoms with Gasteiger partial charge in [0.1, 0.15) is 5.69 Å². The highest BCUT2D eigenvalue weighted by Gasteiger charge is 2.54. The fourth-order valence-electron chi connectivity index (χ4n) is 6.30. The molecular weight excluding hydrogens is 374 g/mol. The minimum absolute atomic E-state index is 0.0935. The van der Waals surface area contributed by atoms with E-state index in [-0.39, 0.29) is 11.3 Å². The number of nitrogens with zero attached hydrogens (tertiary/aromatic N) is 4. The van der Waals surface area contributed by atoms with Crippen molar-refractivity contribution >= 4 is 12.1 Å².